The molecule has 6 heteroatoms. The van der Waals surface area contributed by atoms with Crippen LogP contribution in [0.25, 0.3) is 0 Å². The van der Waals surface area contributed by atoms with Gasteiger partial charge in [-0.15, -0.1) is 0 Å². The summed E-state index contributed by atoms with van der Waals surface area (Å²) >= 11 is 0. The number of hydrogen-bond donors (Lipinski definition) is 1. The fourth-order valence-electron chi connectivity index (χ4n) is 1.88. The molecule has 2 aromatic carbocycles. The Kier molecular flexibility index (Phi) is 4.98. The van der Waals surface area contributed by atoms with Crippen LogP contribution in [-0.2, 0) is 6.42 Å². The average molecular weight is 297 g/mol. The van der Waals surface area contributed by atoms with Crippen molar-refractivity contribution < 1.29 is 9.72 Å². The van der Waals surface area contributed by atoms with Crippen molar-refractivity contribution in [3.63, 3.8) is 0 Å². The number of amides is 1. The number of hydrogen-bond acceptors (Lipinski definition) is 4. The maximum atomic E-state index is 11.9. The van der Waals surface area contributed by atoms with Crippen LogP contribution in [0.15, 0.2) is 53.6 Å². The molecule has 0 saturated carbocycles. The number of benzene rings is 2. The molecular formula is C16H15N3O3. The van der Waals surface area contributed by atoms with Crippen molar-refractivity contribution in [3.05, 3.63) is 75.3 Å². The Hall–Kier alpha value is -3.02. The van der Waals surface area contributed by atoms with Crippen molar-refractivity contribution in [2.45, 2.75) is 13.3 Å². The summed E-state index contributed by atoms with van der Waals surface area (Å²) in [7, 11) is 0. The Bertz CT molecular complexity index is 712. The molecule has 0 bridgehead atoms. The first-order valence-electron chi connectivity index (χ1n) is 6.69. The second-order valence-corrected chi connectivity index (χ2v) is 4.70. The molecule has 1 amide bonds. The third-order valence-electron chi connectivity index (χ3n) is 3.10. The molecule has 22 heavy (non-hydrogen) atoms. The van der Waals surface area contributed by atoms with Gasteiger partial charge in [0.15, 0.2) is 0 Å². The van der Waals surface area contributed by atoms with Gasteiger partial charge in [0.1, 0.15) is 0 Å². The topological polar surface area (TPSA) is 84.6 Å². The molecule has 0 aliphatic rings. The Labute approximate surface area is 127 Å². The van der Waals surface area contributed by atoms with Crippen molar-refractivity contribution >= 4 is 17.8 Å². The molecule has 1 N–H and O–H groups in total. The van der Waals surface area contributed by atoms with Crippen LogP contribution in [0.3, 0.4) is 0 Å². The standard InChI is InChI=1S/C16H15N3O3/c1-12-7-8-14(11-15(12)19(21)22)16(20)18-17-10-9-13-5-3-2-4-6-13/h2-8,10-11H,9H2,1H3,(H,18,20). The predicted molar refractivity (Wildman–Crippen MR) is 83.9 cm³/mol. The summed E-state index contributed by atoms with van der Waals surface area (Å²) in [5.74, 6) is -0.479. The minimum atomic E-state index is -0.509. The van der Waals surface area contributed by atoms with Crippen LogP contribution in [0.4, 0.5) is 5.69 Å². The van der Waals surface area contributed by atoms with Gasteiger partial charge in [-0.2, -0.15) is 5.10 Å². The molecule has 0 saturated heterocycles. The number of nitrogens with zero attached hydrogens (tertiary/aromatic N) is 2. The minimum absolute atomic E-state index is 0.0825. The average Bonchev–Trinajstić information content (AvgIpc) is 2.52. The molecule has 0 aliphatic heterocycles. The number of nitro groups is 1. The highest BCUT2D eigenvalue weighted by Crippen LogP contribution is 2.19. The zero-order valence-corrected chi connectivity index (χ0v) is 12.0. The summed E-state index contributed by atoms with van der Waals surface area (Å²) in [5.41, 5.74) is 4.07. The van der Waals surface area contributed by atoms with E-state index in [1.165, 1.54) is 12.1 Å². The summed E-state index contributed by atoms with van der Waals surface area (Å²) in [4.78, 5) is 22.2. The van der Waals surface area contributed by atoms with Crippen LogP contribution in [0.5, 0.6) is 0 Å². The first kappa shape index (κ1) is 15.4. The van der Waals surface area contributed by atoms with Crippen LogP contribution in [-0.4, -0.2) is 17.0 Å². The van der Waals surface area contributed by atoms with Gasteiger partial charge in [0.25, 0.3) is 11.6 Å². The number of carbonyl (C=O) groups excluding carboxylic acids is 1. The van der Waals surface area contributed by atoms with Gasteiger partial charge in [-0.3, -0.25) is 14.9 Å². The van der Waals surface area contributed by atoms with Crippen LogP contribution in [0.1, 0.15) is 21.5 Å². The molecule has 112 valence electrons. The molecule has 0 atom stereocenters. The van der Waals surface area contributed by atoms with Crippen LogP contribution in [0.2, 0.25) is 0 Å². The fourth-order valence-corrected chi connectivity index (χ4v) is 1.88. The molecule has 0 radical (unpaired) electrons. The molecule has 6 nitrogen and oxygen atoms in total. The van der Waals surface area contributed by atoms with E-state index >= 15 is 0 Å². The lowest BCUT2D eigenvalue weighted by Crippen LogP contribution is -2.18. The van der Waals surface area contributed by atoms with Crippen molar-refractivity contribution in [2.75, 3.05) is 0 Å². The highest BCUT2D eigenvalue weighted by Gasteiger charge is 2.14. The van der Waals surface area contributed by atoms with Crippen LogP contribution < -0.4 is 5.43 Å². The first-order valence-corrected chi connectivity index (χ1v) is 6.69. The van der Waals surface area contributed by atoms with E-state index in [1.54, 1.807) is 19.2 Å². The molecule has 0 aliphatic carbocycles. The second kappa shape index (κ2) is 7.12. The lowest BCUT2D eigenvalue weighted by molar-refractivity contribution is -0.385. The van der Waals surface area contributed by atoms with Gasteiger partial charge in [0, 0.05) is 29.8 Å². The van der Waals surface area contributed by atoms with Crippen molar-refractivity contribution in [2.24, 2.45) is 5.10 Å². The van der Waals surface area contributed by atoms with E-state index in [9.17, 15) is 14.9 Å². The van der Waals surface area contributed by atoms with Gasteiger partial charge in [0.2, 0.25) is 0 Å². The molecule has 2 rings (SSSR count). The Morgan fingerprint density at radius 2 is 2.00 bits per heavy atom. The van der Waals surface area contributed by atoms with Crippen molar-refractivity contribution in [1.82, 2.24) is 5.43 Å². The molecule has 0 spiro atoms. The quantitative estimate of drug-likeness (QED) is 0.523. The van der Waals surface area contributed by atoms with E-state index in [0.29, 0.717) is 12.0 Å². The summed E-state index contributed by atoms with van der Waals surface area (Å²) in [6.45, 7) is 1.62. The number of aryl methyl sites for hydroxylation is 1. The number of hydrazone groups is 1. The van der Waals surface area contributed by atoms with Crippen LogP contribution >= 0.6 is 0 Å². The molecule has 2 aromatic rings. The fraction of sp³-hybridized carbons (Fsp3) is 0.125. The van der Waals surface area contributed by atoms with Crippen LogP contribution in [0, 0.1) is 17.0 Å². The summed E-state index contributed by atoms with van der Waals surface area (Å²) in [6.07, 6.45) is 2.17. The van der Waals surface area contributed by atoms with Gasteiger partial charge < -0.3 is 0 Å². The molecule has 0 fully saturated rings. The summed E-state index contributed by atoms with van der Waals surface area (Å²) < 4.78 is 0. The van der Waals surface area contributed by atoms with Gasteiger partial charge >= 0.3 is 0 Å². The van der Waals surface area contributed by atoms with Gasteiger partial charge in [-0.1, -0.05) is 36.4 Å². The lowest BCUT2D eigenvalue weighted by atomic mass is 10.1. The SMILES string of the molecule is Cc1ccc(C(=O)NN=CCc2ccccc2)cc1[N+](=O)[O-]. The first-order chi connectivity index (χ1) is 10.6. The molecule has 0 heterocycles. The zero-order chi connectivity index (χ0) is 15.9. The smallest absolute Gasteiger partial charge is 0.267 e. The van der Waals surface area contributed by atoms with E-state index < -0.39 is 10.8 Å². The largest absolute Gasteiger partial charge is 0.273 e. The van der Waals surface area contributed by atoms with E-state index in [4.69, 9.17) is 0 Å². The van der Waals surface area contributed by atoms with Crippen molar-refractivity contribution in [3.8, 4) is 0 Å². The number of nitrogens with one attached hydrogen (secondary N) is 1. The molecule has 0 unspecified atom stereocenters. The predicted octanol–water partition coefficient (Wildman–Crippen LogP) is 2.86. The van der Waals surface area contributed by atoms with Gasteiger partial charge in [-0.05, 0) is 18.6 Å². The number of carbonyl (C=O) groups is 1. The van der Waals surface area contributed by atoms with E-state index in [-0.39, 0.29) is 11.3 Å². The minimum Gasteiger partial charge on any atom is -0.267 e. The molecule has 0 aromatic heterocycles. The highest BCUT2D eigenvalue weighted by atomic mass is 16.6. The van der Waals surface area contributed by atoms with Crippen molar-refractivity contribution in [1.29, 1.82) is 0 Å². The summed E-state index contributed by atoms with van der Waals surface area (Å²) in [6, 6.07) is 14.0. The van der Waals surface area contributed by atoms with Gasteiger partial charge in [-0.25, -0.2) is 5.43 Å². The summed E-state index contributed by atoms with van der Waals surface area (Å²) in [5, 5.41) is 14.7. The number of rotatable bonds is 5. The zero-order valence-electron chi connectivity index (χ0n) is 12.0. The highest BCUT2D eigenvalue weighted by molar-refractivity contribution is 5.95. The lowest BCUT2D eigenvalue weighted by Gasteiger charge is -2.02. The third kappa shape index (κ3) is 3.99. The maximum Gasteiger partial charge on any atom is 0.273 e. The Morgan fingerprint density at radius 3 is 2.68 bits per heavy atom. The number of nitro benzene ring substituents is 1. The van der Waals surface area contributed by atoms with E-state index in [0.717, 1.165) is 5.56 Å². The second-order valence-electron chi connectivity index (χ2n) is 4.70. The van der Waals surface area contributed by atoms with E-state index in [1.807, 2.05) is 30.3 Å². The Balaban J connectivity index is 1.98. The Morgan fingerprint density at radius 1 is 1.27 bits per heavy atom. The van der Waals surface area contributed by atoms with E-state index in [2.05, 4.69) is 10.5 Å². The maximum absolute atomic E-state index is 11.9. The molecular weight excluding hydrogens is 282 g/mol. The van der Waals surface area contributed by atoms with Gasteiger partial charge in [0.05, 0.1) is 4.92 Å². The normalized spacial score (nSPS) is 10.6. The third-order valence-corrected chi connectivity index (χ3v) is 3.10. The monoisotopic (exact) mass is 297 g/mol.